The molecular weight excluding hydrogens is 384 g/mol. The normalized spacial score (nSPS) is 10.3. The van der Waals surface area contributed by atoms with Gasteiger partial charge in [0.1, 0.15) is 0 Å². The number of nitrogens with zero attached hydrogens (tertiary/aromatic N) is 1. The van der Waals surface area contributed by atoms with Crippen molar-refractivity contribution in [3.05, 3.63) is 27.7 Å². The van der Waals surface area contributed by atoms with Gasteiger partial charge < -0.3 is 10.5 Å². The quantitative estimate of drug-likeness (QED) is 0.626. The smallest absolute Gasteiger partial charge is 0.416 e. The average Bonchev–Trinajstić information content (AvgIpc) is 2.42. The Balaban J connectivity index is 0.000000438. The molecule has 0 radical (unpaired) electrons. The maximum absolute atomic E-state index is 12.1. The van der Waals surface area contributed by atoms with E-state index in [1.807, 2.05) is 0 Å². The Morgan fingerprint density at radius 2 is 1.78 bits per heavy atom. The molecule has 1 rings (SSSR count). The Kier molecular flexibility index (Phi) is 8.95. The van der Waals surface area contributed by atoms with E-state index in [-0.39, 0.29) is 22.3 Å². The van der Waals surface area contributed by atoms with Crippen LogP contribution < -0.4 is 5.73 Å². The summed E-state index contributed by atoms with van der Waals surface area (Å²) in [5.74, 6) is -0.633. The number of benzene rings is 1. The highest BCUT2D eigenvalue weighted by atomic mass is 35.5. The van der Waals surface area contributed by atoms with Crippen LogP contribution >= 0.6 is 23.2 Å². The first-order chi connectivity index (χ1) is 10.5. The summed E-state index contributed by atoms with van der Waals surface area (Å²) in [6.45, 7) is 1.44. The molecule has 6 nitrogen and oxygen atoms in total. The topological polar surface area (TPSA) is 98.8 Å². The lowest BCUT2D eigenvalue weighted by atomic mass is 10.2. The molecule has 0 heterocycles. The molecule has 0 atom stereocenters. The zero-order chi connectivity index (χ0) is 18.2. The highest BCUT2D eigenvalue weighted by Gasteiger charge is 2.31. The molecule has 0 aliphatic rings. The number of rotatable bonds is 3. The van der Waals surface area contributed by atoms with Gasteiger partial charge >= 0.3 is 22.6 Å². The molecule has 0 saturated heterocycles. The Morgan fingerprint density at radius 3 is 2.13 bits per heavy atom. The van der Waals surface area contributed by atoms with Crippen LogP contribution in [-0.2, 0) is 26.2 Å². The van der Waals surface area contributed by atoms with Gasteiger partial charge in [-0.05, 0) is 19.1 Å². The second kappa shape index (κ2) is 9.58. The molecule has 130 valence electrons. The van der Waals surface area contributed by atoms with Crippen LogP contribution in [0.15, 0.2) is 16.5 Å². The predicted octanol–water partition coefficient (Wildman–Crippen LogP) is 3.21. The molecule has 0 aromatic heterocycles. The molecule has 0 bridgehead atoms. The third-order valence-corrected chi connectivity index (χ3v) is 2.98. The first-order valence-electron chi connectivity index (χ1n) is 5.73. The fourth-order valence-corrected chi connectivity index (χ4v) is 1.76. The highest BCUT2D eigenvalue weighted by molar-refractivity contribution is 7.61. The molecule has 1 aromatic carbocycles. The summed E-state index contributed by atoms with van der Waals surface area (Å²) >= 11 is 10.8. The zero-order valence-corrected chi connectivity index (χ0v) is 13.9. The van der Waals surface area contributed by atoms with Crippen molar-refractivity contribution in [2.75, 3.05) is 18.9 Å². The fraction of sp³-hybridized carbons (Fsp3) is 0.364. The molecule has 0 amide bonds. The summed E-state index contributed by atoms with van der Waals surface area (Å²) < 4.78 is 63.1. The molecule has 1 aromatic rings. The van der Waals surface area contributed by atoms with Crippen LogP contribution in [-0.4, -0.2) is 27.5 Å². The number of carbonyl (C=O) groups is 1. The summed E-state index contributed by atoms with van der Waals surface area (Å²) in [6.07, 6.45) is -4.46. The van der Waals surface area contributed by atoms with Crippen molar-refractivity contribution in [2.24, 2.45) is 4.36 Å². The van der Waals surface area contributed by atoms with Gasteiger partial charge in [-0.25, -0.2) is 0 Å². The van der Waals surface area contributed by atoms with Gasteiger partial charge in [0.2, 0.25) is 0 Å². The van der Waals surface area contributed by atoms with Gasteiger partial charge in [0.15, 0.2) is 6.54 Å². The van der Waals surface area contributed by atoms with Gasteiger partial charge in [0.25, 0.3) is 0 Å². The van der Waals surface area contributed by atoms with Crippen LogP contribution in [0.25, 0.3) is 0 Å². The van der Waals surface area contributed by atoms with E-state index in [0.717, 1.165) is 12.1 Å². The molecule has 0 aliphatic heterocycles. The summed E-state index contributed by atoms with van der Waals surface area (Å²) in [7, 11) is -2.52. The fourth-order valence-electron chi connectivity index (χ4n) is 1.06. The largest absolute Gasteiger partial charge is 0.465 e. The number of nitrogens with two attached hydrogens (primary N) is 1. The molecule has 0 aliphatic carbocycles. The van der Waals surface area contributed by atoms with Gasteiger partial charge in [-0.15, -0.1) is 0 Å². The first kappa shape index (κ1) is 21.5. The number of anilines is 1. The predicted molar refractivity (Wildman–Crippen MR) is 78.7 cm³/mol. The standard InChI is InChI=1S/C7H4Cl2F3N.C4H7NO4S/c8-4-1-3(7(10,11)12)2-5(9)6(4)13;1-2-9-4(6)3-5-10(7)8/h1-2H,13H2;2-3H2,1H3. The van der Waals surface area contributed by atoms with E-state index in [1.165, 1.54) is 0 Å². The molecular formula is C11H11Cl2F3N2O4S. The number of carbonyl (C=O) groups excluding carboxylic acids is 1. The third-order valence-electron chi connectivity index (χ3n) is 2.01. The van der Waals surface area contributed by atoms with E-state index in [0.29, 0.717) is 0 Å². The van der Waals surface area contributed by atoms with Crippen molar-refractivity contribution in [1.82, 2.24) is 0 Å². The van der Waals surface area contributed by atoms with Crippen LogP contribution in [0, 0.1) is 0 Å². The Labute approximate surface area is 141 Å². The highest BCUT2D eigenvalue weighted by Crippen LogP contribution is 2.36. The second-order valence-electron chi connectivity index (χ2n) is 3.66. The van der Waals surface area contributed by atoms with Crippen LogP contribution in [0.4, 0.5) is 18.9 Å². The second-order valence-corrected chi connectivity index (χ2v) is 5.17. The lowest BCUT2D eigenvalue weighted by molar-refractivity contribution is -0.141. The number of hydrogen-bond donors (Lipinski definition) is 1. The lowest BCUT2D eigenvalue weighted by Gasteiger charge is -2.09. The number of nitrogen functional groups attached to an aromatic ring is 1. The van der Waals surface area contributed by atoms with Crippen LogP contribution in [0.2, 0.25) is 10.0 Å². The van der Waals surface area contributed by atoms with Gasteiger partial charge in [0, 0.05) is 0 Å². The average molecular weight is 395 g/mol. The molecule has 0 fully saturated rings. The summed E-state index contributed by atoms with van der Waals surface area (Å²) in [5, 5.41) is -0.389. The number of alkyl halides is 3. The molecule has 0 saturated carbocycles. The van der Waals surface area contributed by atoms with Gasteiger partial charge in [-0.1, -0.05) is 23.2 Å². The van der Waals surface area contributed by atoms with E-state index < -0.39 is 34.8 Å². The van der Waals surface area contributed by atoms with Crippen molar-refractivity contribution in [3.63, 3.8) is 0 Å². The summed E-state index contributed by atoms with van der Waals surface area (Å²) in [5.41, 5.74) is 4.31. The maximum Gasteiger partial charge on any atom is 0.416 e. The van der Waals surface area contributed by atoms with Crippen molar-refractivity contribution in [1.29, 1.82) is 0 Å². The third kappa shape index (κ3) is 8.62. The van der Waals surface area contributed by atoms with Crippen molar-refractivity contribution >= 4 is 45.4 Å². The van der Waals surface area contributed by atoms with Gasteiger partial charge in [0.05, 0.1) is 27.9 Å². The SMILES string of the molecule is CCOC(=O)CN=S(=O)=O.Nc1c(Cl)cc(C(F)(F)F)cc1Cl. The molecule has 23 heavy (non-hydrogen) atoms. The Bertz CT molecular complexity index is 662. The minimum atomic E-state index is -4.46. The number of halogens is 5. The summed E-state index contributed by atoms with van der Waals surface area (Å²) in [6, 6.07) is 1.48. The molecule has 2 N–H and O–H groups in total. The number of hydrogen-bond acceptors (Lipinski definition) is 6. The van der Waals surface area contributed by atoms with E-state index in [2.05, 4.69) is 9.10 Å². The van der Waals surface area contributed by atoms with Gasteiger partial charge in [-0.2, -0.15) is 26.0 Å². The van der Waals surface area contributed by atoms with Crippen LogP contribution in [0.3, 0.4) is 0 Å². The van der Waals surface area contributed by atoms with Crippen molar-refractivity contribution in [3.8, 4) is 0 Å². The number of ether oxygens (including phenoxy) is 1. The minimum absolute atomic E-state index is 0.0451. The molecule has 0 unspecified atom stereocenters. The van der Waals surface area contributed by atoms with E-state index in [1.54, 1.807) is 6.92 Å². The zero-order valence-electron chi connectivity index (χ0n) is 11.5. The van der Waals surface area contributed by atoms with Crippen molar-refractivity contribution in [2.45, 2.75) is 13.1 Å². The number of esters is 1. The van der Waals surface area contributed by atoms with E-state index in [4.69, 9.17) is 28.9 Å². The minimum Gasteiger partial charge on any atom is -0.465 e. The molecule has 0 spiro atoms. The summed E-state index contributed by atoms with van der Waals surface area (Å²) in [4.78, 5) is 10.4. The first-order valence-corrected chi connectivity index (χ1v) is 7.52. The Morgan fingerprint density at radius 1 is 1.30 bits per heavy atom. The maximum atomic E-state index is 12.1. The lowest BCUT2D eigenvalue weighted by Crippen LogP contribution is -2.06. The van der Waals surface area contributed by atoms with Gasteiger partial charge in [-0.3, -0.25) is 4.79 Å². The molecule has 12 heteroatoms. The monoisotopic (exact) mass is 394 g/mol. The van der Waals surface area contributed by atoms with Crippen LogP contribution in [0.1, 0.15) is 12.5 Å². The Hall–Kier alpha value is -1.52. The van der Waals surface area contributed by atoms with Crippen LogP contribution in [0.5, 0.6) is 0 Å². The van der Waals surface area contributed by atoms with Crippen molar-refractivity contribution < 1.29 is 31.1 Å². The van der Waals surface area contributed by atoms with E-state index in [9.17, 15) is 26.4 Å². The van der Waals surface area contributed by atoms with E-state index >= 15 is 0 Å².